The fraction of sp³-hybridized carbons (Fsp3) is 0.600. The first-order valence-electron chi connectivity index (χ1n) is 4.55. The van der Waals surface area contributed by atoms with Gasteiger partial charge >= 0.3 is 11.9 Å². The normalized spacial score (nSPS) is 14.2. The summed E-state index contributed by atoms with van der Waals surface area (Å²) in [5.41, 5.74) is -1.59. The molecule has 4 nitrogen and oxygen atoms in total. The van der Waals surface area contributed by atoms with Crippen LogP contribution in [0.5, 0.6) is 0 Å². The quantitative estimate of drug-likeness (QED) is 0.411. The van der Waals surface area contributed by atoms with Gasteiger partial charge in [0.2, 0.25) is 0 Å². The maximum Gasteiger partial charge on any atom is 0.345 e. The van der Waals surface area contributed by atoms with Crippen LogP contribution in [-0.4, -0.2) is 22.6 Å². The van der Waals surface area contributed by atoms with Crippen molar-refractivity contribution in [1.29, 1.82) is 0 Å². The van der Waals surface area contributed by atoms with Crippen LogP contribution in [0.2, 0.25) is 0 Å². The van der Waals surface area contributed by atoms with Crippen molar-refractivity contribution in [3.05, 3.63) is 12.7 Å². The Hall–Kier alpha value is -1.16. The van der Waals surface area contributed by atoms with Crippen LogP contribution >= 0.6 is 0 Å². The molecule has 0 saturated heterocycles. The zero-order chi connectivity index (χ0) is 11.2. The summed E-state index contributed by atoms with van der Waals surface area (Å²) in [6.45, 7) is 6.42. The minimum atomic E-state index is -1.59. The predicted molar refractivity (Wildman–Crippen MR) is 51.4 cm³/mol. The minimum absolute atomic E-state index is 0.284. The van der Waals surface area contributed by atoms with Crippen molar-refractivity contribution < 1.29 is 19.4 Å². The molecule has 14 heavy (non-hydrogen) atoms. The SMILES string of the molecule is C=CC(=O)OC(=O)C(C)(O)CCCC. The molecule has 0 aliphatic carbocycles. The lowest BCUT2D eigenvalue weighted by Crippen LogP contribution is -2.37. The topological polar surface area (TPSA) is 63.6 Å². The van der Waals surface area contributed by atoms with Crippen LogP contribution in [0.1, 0.15) is 33.1 Å². The number of hydrogen-bond acceptors (Lipinski definition) is 4. The molecule has 1 unspecified atom stereocenters. The van der Waals surface area contributed by atoms with Gasteiger partial charge in [0.1, 0.15) is 0 Å². The van der Waals surface area contributed by atoms with Crippen molar-refractivity contribution in [3.63, 3.8) is 0 Å². The molecule has 0 fully saturated rings. The van der Waals surface area contributed by atoms with E-state index in [2.05, 4.69) is 11.3 Å². The van der Waals surface area contributed by atoms with Crippen LogP contribution in [0.25, 0.3) is 0 Å². The van der Waals surface area contributed by atoms with Crippen molar-refractivity contribution in [2.75, 3.05) is 0 Å². The molecular weight excluding hydrogens is 184 g/mol. The van der Waals surface area contributed by atoms with Gasteiger partial charge in [-0.25, -0.2) is 9.59 Å². The van der Waals surface area contributed by atoms with E-state index in [0.29, 0.717) is 6.42 Å². The molecule has 0 heterocycles. The number of ether oxygens (including phenoxy) is 1. The Bertz CT molecular complexity index is 230. The van der Waals surface area contributed by atoms with Gasteiger partial charge in [0, 0.05) is 6.08 Å². The molecule has 4 heteroatoms. The lowest BCUT2D eigenvalue weighted by Gasteiger charge is -2.19. The van der Waals surface area contributed by atoms with Crippen LogP contribution < -0.4 is 0 Å². The maximum atomic E-state index is 11.2. The number of hydrogen-bond donors (Lipinski definition) is 1. The Balaban J connectivity index is 4.20. The summed E-state index contributed by atoms with van der Waals surface area (Å²) in [6, 6.07) is 0. The molecule has 1 atom stereocenters. The molecular formula is C10H16O4. The first kappa shape index (κ1) is 12.8. The van der Waals surface area contributed by atoms with Crippen LogP contribution in [0.15, 0.2) is 12.7 Å². The average molecular weight is 200 g/mol. The summed E-state index contributed by atoms with van der Waals surface area (Å²) >= 11 is 0. The highest BCUT2D eigenvalue weighted by atomic mass is 16.6. The standard InChI is InChI=1S/C10H16O4/c1-4-6-7-10(3,13)9(12)14-8(11)5-2/h5,13H,2,4,6-7H2,1,3H3. The van der Waals surface area contributed by atoms with Crippen LogP contribution in [0.3, 0.4) is 0 Å². The fourth-order valence-electron chi connectivity index (χ4n) is 0.866. The number of rotatable bonds is 5. The molecule has 0 aromatic heterocycles. The van der Waals surface area contributed by atoms with E-state index in [-0.39, 0.29) is 6.42 Å². The van der Waals surface area contributed by atoms with Crippen LogP contribution in [-0.2, 0) is 14.3 Å². The Kier molecular flexibility index (Phi) is 5.09. The zero-order valence-corrected chi connectivity index (χ0v) is 8.58. The van der Waals surface area contributed by atoms with E-state index < -0.39 is 17.5 Å². The smallest absolute Gasteiger partial charge is 0.345 e. The average Bonchev–Trinajstić information content (AvgIpc) is 2.14. The second-order valence-electron chi connectivity index (χ2n) is 3.29. The van der Waals surface area contributed by atoms with Crippen molar-refractivity contribution >= 4 is 11.9 Å². The van der Waals surface area contributed by atoms with Gasteiger partial charge in [0.15, 0.2) is 5.60 Å². The highest BCUT2D eigenvalue weighted by molar-refractivity contribution is 5.94. The summed E-state index contributed by atoms with van der Waals surface area (Å²) < 4.78 is 4.32. The second-order valence-corrected chi connectivity index (χ2v) is 3.29. The van der Waals surface area contributed by atoms with E-state index in [4.69, 9.17) is 0 Å². The summed E-state index contributed by atoms with van der Waals surface area (Å²) in [5, 5.41) is 9.60. The Labute approximate surface area is 83.6 Å². The summed E-state index contributed by atoms with van der Waals surface area (Å²) in [4.78, 5) is 21.9. The predicted octanol–water partition coefficient (Wildman–Crippen LogP) is 1.18. The first-order valence-corrected chi connectivity index (χ1v) is 4.55. The molecule has 0 rings (SSSR count). The van der Waals surface area contributed by atoms with Gasteiger partial charge in [-0.05, 0) is 13.3 Å². The molecule has 0 aromatic rings. The van der Waals surface area contributed by atoms with Gasteiger partial charge in [-0.2, -0.15) is 0 Å². The number of carbonyl (C=O) groups excluding carboxylic acids is 2. The summed E-state index contributed by atoms with van der Waals surface area (Å²) in [7, 11) is 0. The molecule has 0 aliphatic heterocycles. The monoisotopic (exact) mass is 200 g/mol. The van der Waals surface area contributed by atoms with Crippen LogP contribution in [0.4, 0.5) is 0 Å². The molecule has 80 valence electrons. The van der Waals surface area contributed by atoms with Gasteiger partial charge in [-0.15, -0.1) is 0 Å². The van der Waals surface area contributed by atoms with E-state index in [1.165, 1.54) is 6.92 Å². The lowest BCUT2D eigenvalue weighted by atomic mass is 10.00. The van der Waals surface area contributed by atoms with E-state index in [0.717, 1.165) is 12.5 Å². The number of carbonyl (C=O) groups is 2. The Morgan fingerprint density at radius 3 is 2.57 bits per heavy atom. The molecule has 0 amide bonds. The van der Waals surface area contributed by atoms with Gasteiger partial charge < -0.3 is 9.84 Å². The highest BCUT2D eigenvalue weighted by Gasteiger charge is 2.32. The molecule has 0 aromatic carbocycles. The number of aliphatic hydroxyl groups is 1. The van der Waals surface area contributed by atoms with Gasteiger partial charge in [-0.1, -0.05) is 26.3 Å². The first-order chi connectivity index (χ1) is 6.44. The molecule has 0 spiro atoms. The maximum absolute atomic E-state index is 11.2. The van der Waals surface area contributed by atoms with E-state index >= 15 is 0 Å². The van der Waals surface area contributed by atoms with Gasteiger partial charge in [0.05, 0.1) is 0 Å². The third-order valence-electron chi connectivity index (χ3n) is 1.82. The van der Waals surface area contributed by atoms with Crippen LogP contribution in [0, 0.1) is 0 Å². The van der Waals surface area contributed by atoms with Gasteiger partial charge in [0.25, 0.3) is 0 Å². The number of unbranched alkanes of at least 4 members (excludes halogenated alkanes) is 1. The molecule has 1 N–H and O–H groups in total. The third-order valence-corrected chi connectivity index (χ3v) is 1.82. The van der Waals surface area contributed by atoms with E-state index in [1.807, 2.05) is 6.92 Å². The van der Waals surface area contributed by atoms with Crippen molar-refractivity contribution in [1.82, 2.24) is 0 Å². The molecule has 0 saturated carbocycles. The summed E-state index contributed by atoms with van der Waals surface area (Å²) in [6.07, 6.45) is 2.73. The van der Waals surface area contributed by atoms with Crippen molar-refractivity contribution in [2.24, 2.45) is 0 Å². The molecule has 0 bridgehead atoms. The van der Waals surface area contributed by atoms with Crippen molar-refractivity contribution in [2.45, 2.75) is 38.7 Å². The number of esters is 2. The lowest BCUT2D eigenvalue weighted by molar-refractivity contribution is -0.170. The van der Waals surface area contributed by atoms with E-state index in [1.54, 1.807) is 0 Å². The van der Waals surface area contributed by atoms with E-state index in [9.17, 15) is 14.7 Å². The Morgan fingerprint density at radius 2 is 2.14 bits per heavy atom. The van der Waals surface area contributed by atoms with Crippen molar-refractivity contribution in [3.8, 4) is 0 Å². The summed E-state index contributed by atoms with van der Waals surface area (Å²) in [5.74, 6) is -1.76. The fourth-order valence-corrected chi connectivity index (χ4v) is 0.866. The highest BCUT2D eigenvalue weighted by Crippen LogP contribution is 2.15. The molecule has 0 radical (unpaired) electrons. The second kappa shape index (κ2) is 5.54. The third kappa shape index (κ3) is 4.18. The largest absolute Gasteiger partial charge is 0.388 e. The van der Waals surface area contributed by atoms with Gasteiger partial charge in [-0.3, -0.25) is 0 Å². The Morgan fingerprint density at radius 1 is 1.57 bits per heavy atom. The zero-order valence-electron chi connectivity index (χ0n) is 8.58. The molecule has 0 aliphatic rings. The minimum Gasteiger partial charge on any atom is -0.388 e.